The molecule has 0 aliphatic heterocycles. The van der Waals surface area contributed by atoms with Gasteiger partial charge in [0.15, 0.2) is 5.13 Å². The summed E-state index contributed by atoms with van der Waals surface area (Å²) in [6.07, 6.45) is 2.50. The fourth-order valence-electron chi connectivity index (χ4n) is 4.90. The Bertz CT molecular complexity index is 1300. The van der Waals surface area contributed by atoms with E-state index in [0.29, 0.717) is 40.8 Å². The smallest absolute Gasteiger partial charge is 0.411 e. The van der Waals surface area contributed by atoms with Crippen molar-refractivity contribution in [1.29, 1.82) is 0 Å². The third kappa shape index (κ3) is 9.83. The first-order valence-electron chi connectivity index (χ1n) is 14.9. The van der Waals surface area contributed by atoms with Gasteiger partial charge in [0.25, 0.3) is 5.91 Å². The Balaban J connectivity index is 2.30. The van der Waals surface area contributed by atoms with E-state index in [4.69, 9.17) is 0 Å². The number of carbonyl (C=O) groups is 4. The third-order valence-electron chi connectivity index (χ3n) is 7.00. The summed E-state index contributed by atoms with van der Waals surface area (Å²) in [6.45, 7) is 14.5. The summed E-state index contributed by atoms with van der Waals surface area (Å²) < 4.78 is 0. The zero-order valence-corrected chi connectivity index (χ0v) is 27.9. The number of benzene rings is 1. The van der Waals surface area contributed by atoms with Crippen molar-refractivity contribution < 1.29 is 29.4 Å². The number of amides is 4. The number of unbranched alkanes of at least 4 members (excludes halogenated alkanes) is 3. The maximum Gasteiger partial charge on any atom is 0.411 e. The molecule has 0 bridgehead atoms. The van der Waals surface area contributed by atoms with Crippen molar-refractivity contribution in [2.75, 3.05) is 17.2 Å². The van der Waals surface area contributed by atoms with Gasteiger partial charge in [-0.1, -0.05) is 70.4 Å². The number of aromatic nitrogens is 1. The molecule has 0 saturated heterocycles. The van der Waals surface area contributed by atoms with Crippen molar-refractivity contribution in [2.45, 2.75) is 105 Å². The lowest BCUT2D eigenvalue weighted by Gasteiger charge is -2.55. The highest BCUT2D eigenvalue weighted by Gasteiger charge is 2.54. The van der Waals surface area contributed by atoms with Gasteiger partial charge in [-0.3, -0.25) is 19.8 Å². The molecule has 0 aliphatic rings. The van der Waals surface area contributed by atoms with Crippen LogP contribution in [0.2, 0.25) is 0 Å². The van der Waals surface area contributed by atoms with Gasteiger partial charge in [0, 0.05) is 30.1 Å². The van der Waals surface area contributed by atoms with E-state index in [2.05, 4.69) is 33.2 Å². The van der Waals surface area contributed by atoms with E-state index < -0.39 is 28.9 Å². The van der Waals surface area contributed by atoms with E-state index in [1.54, 1.807) is 53.7 Å². The van der Waals surface area contributed by atoms with Gasteiger partial charge in [0.1, 0.15) is 4.88 Å². The molecule has 0 radical (unpaired) electrons. The van der Waals surface area contributed by atoms with Gasteiger partial charge in [-0.05, 0) is 57.7 Å². The highest BCUT2D eigenvalue weighted by atomic mass is 32.1. The molecule has 1 aromatic carbocycles. The fourth-order valence-corrected chi connectivity index (χ4v) is 5.88. The predicted molar refractivity (Wildman–Crippen MR) is 173 cm³/mol. The summed E-state index contributed by atoms with van der Waals surface area (Å²) in [6, 6.07) is 7.23. The summed E-state index contributed by atoms with van der Waals surface area (Å²) >= 11 is 1.15. The van der Waals surface area contributed by atoms with Gasteiger partial charge >= 0.3 is 12.2 Å². The second kappa shape index (κ2) is 15.2. The molecule has 13 heteroatoms. The highest BCUT2D eigenvalue weighted by Crippen LogP contribution is 2.39. The second-order valence-electron chi connectivity index (χ2n) is 12.8. The van der Waals surface area contributed by atoms with Crippen molar-refractivity contribution in [3.05, 3.63) is 40.4 Å². The molecule has 44 heavy (non-hydrogen) atoms. The third-order valence-corrected chi connectivity index (χ3v) is 8.01. The number of hydrogen-bond acceptors (Lipinski definition) is 7. The Morgan fingerprint density at radius 3 is 2.07 bits per heavy atom. The van der Waals surface area contributed by atoms with Gasteiger partial charge in [0.05, 0.1) is 5.69 Å². The van der Waals surface area contributed by atoms with Crippen LogP contribution in [0.5, 0.6) is 0 Å². The van der Waals surface area contributed by atoms with Gasteiger partial charge in [-0.15, -0.1) is 0 Å². The standard InChI is InChI=1S/C31H48N6O6S/c1-9-10-11-12-19-32-25(39)24-23(34-26(44-24)33-20(2)38)18-15-21-13-16-22(17-14-21)35-31(29(3,4)5,36-27(40)41)37(28(42)43)30(6,7)8/h13-14,16-17,35-36H,9-12,15,18-19H2,1-8H3,(H,32,39)(H,40,41)(H,42,43)(H,33,34,38). The molecule has 0 saturated carbocycles. The maximum atomic E-state index is 13.0. The number of anilines is 2. The average molecular weight is 633 g/mol. The number of thiazole rings is 1. The largest absolute Gasteiger partial charge is 0.465 e. The number of carboxylic acid groups (broad SMARTS) is 2. The summed E-state index contributed by atoms with van der Waals surface area (Å²) in [4.78, 5) is 55.2. The topological polar surface area (TPSA) is 173 Å². The van der Waals surface area contributed by atoms with Crippen LogP contribution < -0.4 is 21.3 Å². The molecule has 0 aliphatic carbocycles. The summed E-state index contributed by atoms with van der Waals surface area (Å²) in [5, 5.41) is 31.6. The summed E-state index contributed by atoms with van der Waals surface area (Å²) in [5.74, 6) is -2.20. The SMILES string of the molecule is CCCCCCNC(=O)c1sc(NC(C)=O)nc1CCc1ccc(NC(NC(=O)O)(N(C(=O)O)C(C)(C)C)C(C)(C)C)cc1. The van der Waals surface area contributed by atoms with Crippen molar-refractivity contribution in [3.8, 4) is 0 Å². The number of nitrogens with zero attached hydrogens (tertiary/aromatic N) is 2. The molecule has 1 heterocycles. The number of rotatable bonds is 14. The van der Waals surface area contributed by atoms with E-state index in [9.17, 15) is 29.4 Å². The lowest BCUT2D eigenvalue weighted by molar-refractivity contribution is -0.114. The number of hydrogen-bond donors (Lipinski definition) is 6. The van der Waals surface area contributed by atoms with Crippen molar-refractivity contribution >= 4 is 46.2 Å². The van der Waals surface area contributed by atoms with Gasteiger partial charge in [0.2, 0.25) is 11.7 Å². The maximum absolute atomic E-state index is 13.0. The Kier molecular flexibility index (Phi) is 12.6. The van der Waals surface area contributed by atoms with Crippen LogP contribution in [-0.2, 0) is 17.6 Å². The van der Waals surface area contributed by atoms with E-state index in [0.717, 1.165) is 47.5 Å². The second-order valence-corrected chi connectivity index (χ2v) is 13.8. The molecule has 2 rings (SSSR count). The lowest BCUT2D eigenvalue weighted by Crippen LogP contribution is -2.76. The van der Waals surface area contributed by atoms with Crippen molar-refractivity contribution in [2.24, 2.45) is 5.41 Å². The molecular formula is C31H48N6O6S. The molecule has 6 N–H and O–H groups in total. The van der Waals surface area contributed by atoms with E-state index >= 15 is 0 Å². The first-order valence-corrected chi connectivity index (χ1v) is 15.7. The molecule has 1 atom stereocenters. The van der Waals surface area contributed by atoms with Crippen LogP contribution in [0.3, 0.4) is 0 Å². The van der Waals surface area contributed by atoms with E-state index in [-0.39, 0.29) is 11.8 Å². The van der Waals surface area contributed by atoms with E-state index in [1.807, 2.05) is 12.1 Å². The summed E-state index contributed by atoms with van der Waals surface area (Å²) in [7, 11) is 0. The van der Waals surface area contributed by atoms with Gasteiger partial charge in [-0.25, -0.2) is 14.6 Å². The van der Waals surface area contributed by atoms with Crippen LogP contribution in [0.15, 0.2) is 24.3 Å². The Morgan fingerprint density at radius 2 is 1.57 bits per heavy atom. The van der Waals surface area contributed by atoms with Crippen LogP contribution in [-0.4, -0.2) is 62.0 Å². The molecule has 1 aromatic heterocycles. The van der Waals surface area contributed by atoms with Crippen LogP contribution in [0, 0.1) is 5.41 Å². The molecule has 0 fully saturated rings. The van der Waals surface area contributed by atoms with Gasteiger partial charge < -0.3 is 26.2 Å². The molecule has 4 amide bonds. The normalized spacial score (nSPS) is 13.0. The Morgan fingerprint density at radius 1 is 0.932 bits per heavy atom. The van der Waals surface area contributed by atoms with Crippen molar-refractivity contribution in [1.82, 2.24) is 20.5 Å². The highest BCUT2D eigenvalue weighted by molar-refractivity contribution is 7.17. The molecule has 1 unspecified atom stereocenters. The number of aryl methyl sites for hydroxylation is 2. The minimum Gasteiger partial charge on any atom is -0.465 e. The zero-order chi connectivity index (χ0) is 33.3. The molecule has 244 valence electrons. The van der Waals surface area contributed by atoms with Gasteiger partial charge in [-0.2, -0.15) is 0 Å². The first kappa shape index (κ1) is 36.3. The average Bonchev–Trinajstić information content (AvgIpc) is 3.27. The van der Waals surface area contributed by atoms with Crippen molar-refractivity contribution in [3.63, 3.8) is 0 Å². The zero-order valence-electron chi connectivity index (χ0n) is 27.1. The Labute approximate surface area is 264 Å². The predicted octanol–water partition coefficient (Wildman–Crippen LogP) is 6.35. The molecule has 2 aromatic rings. The molecular weight excluding hydrogens is 584 g/mol. The quantitative estimate of drug-likeness (QED) is 0.103. The minimum absolute atomic E-state index is 0.212. The van der Waals surface area contributed by atoms with Crippen LogP contribution in [0.4, 0.5) is 20.4 Å². The first-order chi connectivity index (χ1) is 20.4. The monoisotopic (exact) mass is 632 g/mol. The van der Waals surface area contributed by atoms with E-state index in [1.165, 1.54) is 6.92 Å². The lowest BCUT2D eigenvalue weighted by atomic mass is 9.82. The molecule has 12 nitrogen and oxygen atoms in total. The Hall–Kier alpha value is -3.87. The van der Waals surface area contributed by atoms with Crippen LogP contribution >= 0.6 is 11.3 Å². The fraction of sp³-hybridized carbons (Fsp3) is 0.581. The number of nitrogens with one attached hydrogen (secondary N) is 4. The summed E-state index contributed by atoms with van der Waals surface area (Å²) in [5.41, 5.74) is 0.148. The number of carbonyl (C=O) groups excluding carboxylic acids is 2. The molecule has 0 spiro atoms. The van der Waals surface area contributed by atoms with Crippen LogP contribution in [0.1, 0.15) is 102 Å². The van der Waals surface area contributed by atoms with Crippen LogP contribution in [0.25, 0.3) is 0 Å². The minimum atomic E-state index is -1.72.